The fraction of sp³-hybridized carbons (Fsp3) is 0.333. The fourth-order valence-corrected chi connectivity index (χ4v) is 4.25. The number of benzene rings is 2. The quantitative estimate of drug-likeness (QED) is 0.648. The first kappa shape index (κ1) is 18.5. The third-order valence-electron chi connectivity index (χ3n) is 5.01. The molecule has 1 heterocycles. The van der Waals surface area contributed by atoms with Crippen molar-refractivity contribution in [3.8, 4) is 5.69 Å². The lowest BCUT2D eigenvalue weighted by atomic mass is 9.98. The van der Waals surface area contributed by atoms with Gasteiger partial charge >= 0.3 is 0 Å². The predicted molar refractivity (Wildman–Crippen MR) is 110 cm³/mol. The molecule has 1 aromatic heterocycles. The van der Waals surface area contributed by atoms with Gasteiger partial charge in [0.05, 0.1) is 16.5 Å². The van der Waals surface area contributed by atoms with Crippen molar-refractivity contribution in [2.75, 3.05) is 11.5 Å². The molecule has 4 nitrogen and oxygen atoms in total. The van der Waals surface area contributed by atoms with Crippen molar-refractivity contribution in [3.63, 3.8) is 0 Å². The van der Waals surface area contributed by atoms with E-state index in [0.717, 1.165) is 27.8 Å². The van der Waals surface area contributed by atoms with Crippen LogP contribution in [0, 0.1) is 0 Å². The topological polar surface area (TPSA) is 65.1 Å². The predicted octanol–water partition coefficient (Wildman–Crippen LogP) is 4.53. The Morgan fingerprint density at radius 2 is 1.69 bits per heavy atom. The van der Waals surface area contributed by atoms with E-state index in [4.69, 9.17) is 5.73 Å². The number of aromatic nitrogens is 1. The van der Waals surface area contributed by atoms with Crippen LogP contribution in [-0.2, 0) is 9.84 Å². The van der Waals surface area contributed by atoms with E-state index in [1.807, 2.05) is 24.4 Å². The van der Waals surface area contributed by atoms with Gasteiger partial charge in [-0.25, -0.2) is 8.42 Å². The number of sulfone groups is 1. The van der Waals surface area contributed by atoms with Crippen LogP contribution in [-0.4, -0.2) is 24.0 Å². The van der Waals surface area contributed by atoms with Gasteiger partial charge in [0.15, 0.2) is 9.84 Å². The minimum Gasteiger partial charge on any atom is -0.399 e. The fourth-order valence-electron chi connectivity index (χ4n) is 3.09. The van der Waals surface area contributed by atoms with Crippen LogP contribution in [0.1, 0.15) is 38.7 Å². The Kier molecular flexibility index (Phi) is 5.10. The summed E-state index contributed by atoms with van der Waals surface area (Å²) in [6, 6.07) is 16.3. The average molecular weight is 371 g/mol. The monoisotopic (exact) mass is 370 g/mol. The number of nitrogens with zero attached hydrogens (tertiary/aromatic N) is 1. The summed E-state index contributed by atoms with van der Waals surface area (Å²) in [7, 11) is -2.99. The molecule has 5 heteroatoms. The zero-order valence-electron chi connectivity index (χ0n) is 15.5. The van der Waals surface area contributed by atoms with Gasteiger partial charge in [-0.15, -0.1) is 0 Å². The van der Waals surface area contributed by atoms with E-state index >= 15 is 0 Å². The second-order valence-corrected chi connectivity index (χ2v) is 9.88. The number of rotatable bonds is 6. The standard InChI is InChI=1S/C21H26N2O2S/c1-15(2)26(24,25)13-11-16(3)17-4-7-20(8-5-17)23-12-10-18-14-19(22)6-9-21(18)23/h4-10,12,14-16H,11,13,22H2,1-3H3/t16-/m0/s1. The molecule has 0 unspecified atom stereocenters. The Morgan fingerprint density at radius 1 is 1.00 bits per heavy atom. The Morgan fingerprint density at radius 3 is 2.35 bits per heavy atom. The zero-order chi connectivity index (χ0) is 18.9. The molecule has 0 fully saturated rings. The first-order chi connectivity index (χ1) is 12.3. The maximum Gasteiger partial charge on any atom is 0.152 e. The molecule has 0 aliphatic rings. The molecular formula is C21H26N2O2S. The van der Waals surface area contributed by atoms with Gasteiger partial charge in [-0.2, -0.15) is 0 Å². The minimum absolute atomic E-state index is 0.207. The molecule has 26 heavy (non-hydrogen) atoms. The van der Waals surface area contributed by atoms with Crippen LogP contribution in [0.25, 0.3) is 16.6 Å². The van der Waals surface area contributed by atoms with Crippen LogP contribution in [0.15, 0.2) is 54.7 Å². The second-order valence-electron chi connectivity index (χ2n) is 7.20. The van der Waals surface area contributed by atoms with Gasteiger partial charge in [0, 0.05) is 23.0 Å². The van der Waals surface area contributed by atoms with E-state index in [1.165, 1.54) is 0 Å². The first-order valence-electron chi connectivity index (χ1n) is 8.96. The van der Waals surface area contributed by atoms with E-state index < -0.39 is 9.84 Å². The Hall–Kier alpha value is -2.27. The van der Waals surface area contributed by atoms with E-state index in [9.17, 15) is 8.42 Å². The van der Waals surface area contributed by atoms with Crippen molar-refractivity contribution >= 4 is 26.4 Å². The van der Waals surface area contributed by atoms with Crippen molar-refractivity contribution in [2.24, 2.45) is 0 Å². The Bertz CT molecular complexity index is 1000. The summed E-state index contributed by atoms with van der Waals surface area (Å²) in [5.74, 6) is 0.441. The molecule has 2 aromatic carbocycles. The Labute approximate surface area is 155 Å². The van der Waals surface area contributed by atoms with Gasteiger partial charge in [-0.3, -0.25) is 0 Å². The normalized spacial score (nSPS) is 13.4. The van der Waals surface area contributed by atoms with Crippen molar-refractivity contribution in [2.45, 2.75) is 38.4 Å². The van der Waals surface area contributed by atoms with E-state index in [1.54, 1.807) is 13.8 Å². The molecule has 0 amide bonds. The molecule has 0 saturated heterocycles. The molecule has 0 spiro atoms. The molecule has 138 valence electrons. The number of hydrogen-bond acceptors (Lipinski definition) is 3. The summed E-state index contributed by atoms with van der Waals surface area (Å²) in [6.45, 7) is 5.56. The molecule has 3 aromatic rings. The zero-order valence-corrected chi connectivity index (χ0v) is 16.3. The summed E-state index contributed by atoms with van der Waals surface area (Å²) in [5, 5.41) is 0.800. The number of fused-ring (bicyclic) bond motifs is 1. The highest BCUT2D eigenvalue weighted by Gasteiger charge is 2.18. The summed E-state index contributed by atoms with van der Waals surface area (Å²) in [5.41, 5.74) is 9.96. The molecule has 0 bridgehead atoms. The van der Waals surface area contributed by atoms with Crippen LogP contribution < -0.4 is 5.73 Å². The van der Waals surface area contributed by atoms with Crippen LogP contribution in [0.4, 0.5) is 5.69 Å². The summed E-state index contributed by atoms with van der Waals surface area (Å²) < 4.78 is 26.2. The van der Waals surface area contributed by atoms with Gasteiger partial charge < -0.3 is 10.3 Å². The van der Waals surface area contributed by atoms with Crippen molar-refractivity contribution in [1.29, 1.82) is 0 Å². The highest BCUT2D eigenvalue weighted by molar-refractivity contribution is 7.91. The minimum atomic E-state index is -2.99. The lowest BCUT2D eigenvalue weighted by Gasteiger charge is -2.14. The van der Waals surface area contributed by atoms with Crippen molar-refractivity contribution < 1.29 is 8.42 Å². The van der Waals surface area contributed by atoms with Crippen LogP contribution in [0.3, 0.4) is 0 Å². The molecule has 1 atom stereocenters. The summed E-state index contributed by atoms with van der Waals surface area (Å²) in [6.07, 6.45) is 2.68. The van der Waals surface area contributed by atoms with Crippen LogP contribution in [0.5, 0.6) is 0 Å². The molecule has 0 radical (unpaired) electrons. The lowest BCUT2D eigenvalue weighted by Crippen LogP contribution is -2.18. The first-order valence-corrected chi connectivity index (χ1v) is 10.7. The number of nitrogen functional groups attached to an aromatic ring is 1. The second kappa shape index (κ2) is 7.16. The van der Waals surface area contributed by atoms with E-state index in [0.29, 0.717) is 6.42 Å². The van der Waals surface area contributed by atoms with E-state index in [2.05, 4.69) is 41.8 Å². The highest BCUT2D eigenvalue weighted by atomic mass is 32.2. The molecule has 3 rings (SSSR count). The molecule has 0 aliphatic carbocycles. The number of nitrogens with two attached hydrogens (primary N) is 1. The lowest BCUT2D eigenvalue weighted by molar-refractivity contribution is 0.580. The van der Waals surface area contributed by atoms with E-state index in [-0.39, 0.29) is 16.9 Å². The molecule has 0 aliphatic heterocycles. The smallest absolute Gasteiger partial charge is 0.152 e. The largest absolute Gasteiger partial charge is 0.399 e. The summed E-state index contributed by atoms with van der Waals surface area (Å²) in [4.78, 5) is 0. The van der Waals surface area contributed by atoms with Crippen molar-refractivity contribution in [3.05, 3.63) is 60.3 Å². The van der Waals surface area contributed by atoms with Crippen LogP contribution in [0.2, 0.25) is 0 Å². The molecule has 0 saturated carbocycles. The molecule has 2 N–H and O–H groups in total. The maximum absolute atomic E-state index is 12.0. The van der Waals surface area contributed by atoms with Crippen molar-refractivity contribution in [1.82, 2.24) is 4.57 Å². The molecular weight excluding hydrogens is 344 g/mol. The third kappa shape index (κ3) is 3.78. The van der Waals surface area contributed by atoms with Gasteiger partial charge in [0.25, 0.3) is 0 Å². The average Bonchev–Trinajstić information content (AvgIpc) is 3.02. The number of hydrogen-bond donors (Lipinski definition) is 1. The third-order valence-corrected chi connectivity index (χ3v) is 7.25. The van der Waals surface area contributed by atoms with Gasteiger partial charge in [-0.1, -0.05) is 19.1 Å². The van der Waals surface area contributed by atoms with Crippen LogP contribution >= 0.6 is 0 Å². The SMILES string of the molecule is CC(C)S(=O)(=O)CC[C@H](C)c1ccc(-n2ccc3cc(N)ccc32)cc1. The van der Waals surface area contributed by atoms with Gasteiger partial charge in [0.1, 0.15) is 0 Å². The Balaban J connectivity index is 1.77. The summed E-state index contributed by atoms with van der Waals surface area (Å²) >= 11 is 0. The maximum atomic E-state index is 12.0. The van der Waals surface area contributed by atoms with Gasteiger partial charge in [-0.05, 0) is 68.1 Å². The number of anilines is 1. The van der Waals surface area contributed by atoms with Gasteiger partial charge in [0.2, 0.25) is 0 Å². The highest BCUT2D eigenvalue weighted by Crippen LogP contribution is 2.25.